The minimum Gasteiger partial charge on any atom is -0.393 e. The summed E-state index contributed by atoms with van der Waals surface area (Å²) >= 11 is 0. The third-order valence-corrected chi connectivity index (χ3v) is 4.15. The molecule has 1 aliphatic rings. The molecule has 0 aromatic carbocycles. The van der Waals surface area contributed by atoms with Crippen molar-refractivity contribution >= 4 is 0 Å². The zero-order valence-electron chi connectivity index (χ0n) is 12.1. The Morgan fingerprint density at radius 1 is 1.12 bits per heavy atom. The number of aliphatic hydroxyl groups is 1. The van der Waals surface area contributed by atoms with E-state index in [0.717, 1.165) is 19.3 Å². The topological polar surface area (TPSA) is 23.5 Å². The number of hydrogen-bond donors (Lipinski definition) is 1. The molecule has 0 aromatic rings. The molecule has 0 unspecified atom stereocenters. The van der Waals surface area contributed by atoms with Gasteiger partial charge in [-0.3, -0.25) is 4.90 Å². The van der Waals surface area contributed by atoms with E-state index in [1.807, 2.05) is 0 Å². The standard InChI is InChI=1S/C14H29NO/c1-8-12(2,3)15-13(4,5)9-11(16)10-14(15,6)7/h11,16H,8-10H2,1-7H3. The third kappa shape index (κ3) is 2.43. The highest BCUT2D eigenvalue weighted by atomic mass is 16.3. The molecule has 2 nitrogen and oxygen atoms in total. The smallest absolute Gasteiger partial charge is 0.0575 e. The van der Waals surface area contributed by atoms with Crippen LogP contribution >= 0.6 is 0 Å². The number of aliphatic hydroxyl groups excluding tert-OH is 1. The molecule has 0 aliphatic carbocycles. The van der Waals surface area contributed by atoms with Gasteiger partial charge in [0.25, 0.3) is 0 Å². The van der Waals surface area contributed by atoms with E-state index in [2.05, 4.69) is 53.4 Å². The van der Waals surface area contributed by atoms with E-state index in [9.17, 15) is 5.11 Å². The van der Waals surface area contributed by atoms with E-state index in [-0.39, 0.29) is 22.7 Å². The van der Waals surface area contributed by atoms with Crippen molar-refractivity contribution in [3.05, 3.63) is 0 Å². The van der Waals surface area contributed by atoms with E-state index in [4.69, 9.17) is 0 Å². The molecule has 0 saturated carbocycles. The van der Waals surface area contributed by atoms with Gasteiger partial charge in [0.1, 0.15) is 0 Å². The largest absolute Gasteiger partial charge is 0.393 e. The third-order valence-electron chi connectivity index (χ3n) is 4.15. The fraction of sp³-hybridized carbons (Fsp3) is 1.00. The maximum Gasteiger partial charge on any atom is 0.0575 e. The van der Waals surface area contributed by atoms with Crippen LogP contribution < -0.4 is 0 Å². The lowest BCUT2D eigenvalue weighted by molar-refractivity contribution is -0.132. The highest BCUT2D eigenvalue weighted by molar-refractivity contribution is 5.05. The Morgan fingerprint density at radius 2 is 1.50 bits per heavy atom. The quantitative estimate of drug-likeness (QED) is 0.783. The van der Waals surface area contributed by atoms with Crippen molar-refractivity contribution in [3.63, 3.8) is 0 Å². The zero-order chi connectivity index (χ0) is 12.8. The summed E-state index contributed by atoms with van der Waals surface area (Å²) in [6, 6.07) is 0. The summed E-state index contributed by atoms with van der Waals surface area (Å²) in [5, 5.41) is 10.0. The second kappa shape index (κ2) is 3.99. The molecule has 1 heterocycles. The van der Waals surface area contributed by atoms with Crippen molar-refractivity contribution in [1.82, 2.24) is 4.90 Å². The summed E-state index contributed by atoms with van der Waals surface area (Å²) in [4.78, 5) is 2.61. The Bertz CT molecular complexity index is 237. The lowest BCUT2D eigenvalue weighted by Gasteiger charge is -2.60. The molecular weight excluding hydrogens is 198 g/mol. The van der Waals surface area contributed by atoms with Gasteiger partial charge in [-0.1, -0.05) is 6.92 Å². The predicted molar refractivity (Wildman–Crippen MR) is 69.6 cm³/mol. The lowest BCUT2D eigenvalue weighted by atomic mass is 9.74. The van der Waals surface area contributed by atoms with E-state index >= 15 is 0 Å². The van der Waals surface area contributed by atoms with Gasteiger partial charge in [0, 0.05) is 16.6 Å². The van der Waals surface area contributed by atoms with E-state index in [0.29, 0.717) is 0 Å². The first-order chi connectivity index (χ1) is 7.03. The Hall–Kier alpha value is -0.0800. The zero-order valence-corrected chi connectivity index (χ0v) is 12.1. The summed E-state index contributed by atoms with van der Waals surface area (Å²) in [5.74, 6) is 0. The molecule has 0 bridgehead atoms. The molecule has 1 fully saturated rings. The first-order valence-electron chi connectivity index (χ1n) is 6.51. The minimum absolute atomic E-state index is 0.0701. The number of rotatable bonds is 2. The first-order valence-corrected chi connectivity index (χ1v) is 6.51. The normalized spacial score (nSPS) is 27.0. The molecule has 1 rings (SSSR count). The Balaban J connectivity index is 3.11. The molecule has 0 amide bonds. The molecule has 1 saturated heterocycles. The Kier molecular flexibility index (Phi) is 3.49. The molecule has 16 heavy (non-hydrogen) atoms. The maximum atomic E-state index is 10.0. The summed E-state index contributed by atoms with van der Waals surface area (Å²) in [7, 11) is 0. The SMILES string of the molecule is CCC(C)(C)N1C(C)(C)CC(O)CC1(C)C. The highest BCUT2D eigenvalue weighted by Crippen LogP contribution is 2.44. The minimum atomic E-state index is -0.158. The van der Waals surface area contributed by atoms with Gasteiger partial charge in [-0.15, -0.1) is 0 Å². The van der Waals surface area contributed by atoms with E-state index in [1.54, 1.807) is 0 Å². The summed E-state index contributed by atoms with van der Waals surface area (Å²) in [6.45, 7) is 15.9. The van der Waals surface area contributed by atoms with Crippen molar-refractivity contribution in [3.8, 4) is 0 Å². The summed E-state index contributed by atoms with van der Waals surface area (Å²) in [5.41, 5.74) is 0.328. The van der Waals surface area contributed by atoms with Gasteiger partial charge in [0.05, 0.1) is 6.10 Å². The fourth-order valence-electron chi connectivity index (χ4n) is 4.02. The van der Waals surface area contributed by atoms with Gasteiger partial charge in [0.15, 0.2) is 0 Å². The van der Waals surface area contributed by atoms with Crippen LogP contribution in [0.4, 0.5) is 0 Å². The van der Waals surface area contributed by atoms with Crippen LogP contribution in [-0.2, 0) is 0 Å². The van der Waals surface area contributed by atoms with E-state index in [1.165, 1.54) is 0 Å². The molecule has 0 atom stereocenters. The fourth-order valence-corrected chi connectivity index (χ4v) is 4.02. The van der Waals surface area contributed by atoms with Crippen molar-refractivity contribution in [1.29, 1.82) is 0 Å². The number of nitrogens with zero attached hydrogens (tertiary/aromatic N) is 1. The second-order valence-electron chi connectivity index (χ2n) is 7.19. The van der Waals surface area contributed by atoms with Gasteiger partial charge in [0.2, 0.25) is 0 Å². The summed E-state index contributed by atoms with van der Waals surface area (Å²) in [6.07, 6.45) is 2.73. The molecule has 1 N–H and O–H groups in total. The average Bonchev–Trinajstić information content (AvgIpc) is 1.96. The number of hydrogen-bond acceptors (Lipinski definition) is 2. The van der Waals surface area contributed by atoms with Crippen LogP contribution in [0.1, 0.15) is 67.7 Å². The van der Waals surface area contributed by atoms with Crippen molar-refractivity contribution in [2.75, 3.05) is 0 Å². The monoisotopic (exact) mass is 227 g/mol. The second-order valence-corrected chi connectivity index (χ2v) is 7.19. The molecule has 0 spiro atoms. The molecular formula is C14H29NO. The van der Waals surface area contributed by atoms with Crippen molar-refractivity contribution < 1.29 is 5.11 Å². The Morgan fingerprint density at radius 3 is 1.81 bits per heavy atom. The maximum absolute atomic E-state index is 10.0. The summed E-state index contributed by atoms with van der Waals surface area (Å²) < 4.78 is 0. The van der Waals surface area contributed by atoms with Crippen molar-refractivity contribution in [2.45, 2.75) is 90.4 Å². The molecule has 96 valence electrons. The van der Waals surface area contributed by atoms with Crippen LogP contribution in [0.2, 0.25) is 0 Å². The predicted octanol–water partition coefficient (Wildman–Crippen LogP) is 3.19. The lowest BCUT2D eigenvalue weighted by Crippen LogP contribution is -2.68. The van der Waals surface area contributed by atoms with Crippen LogP contribution in [0.25, 0.3) is 0 Å². The van der Waals surface area contributed by atoms with Crippen LogP contribution in [0.3, 0.4) is 0 Å². The molecule has 1 aliphatic heterocycles. The number of likely N-dealkylation sites (tertiary alicyclic amines) is 1. The van der Waals surface area contributed by atoms with E-state index < -0.39 is 0 Å². The van der Waals surface area contributed by atoms with Crippen LogP contribution in [0, 0.1) is 0 Å². The van der Waals surface area contributed by atoms with Crippen LogP contribution in [-0.4, -0.2) is 32.7 Å². The Labute approximate surface area is 101 Å². The average molecular weight is 227 g/mol. The van der Waals surface area contributed by atoms with Gasteiger partial charge in [-0.25, -0.2) is 0 Å². The van der Waals surface area contributed by atoms with Crippen LogP contribution in [0.15, 0.2) is 0 Å². The van der Waals surface area contributed by atoms with Gasteiger partial charge in [-0.2, -0.15) is 0 Å². The molecule has 2 heteroatoms. The first kappa shape index (κ1) is 14.0. The number of piperidine rings is 1. The molecule has 0 aromatic heterocycles. The van der Waals surface area contributed by atoms with Gasteiger partial charge in [-0.05, 0) is 60.8 Å². The van der Waals surface area contributed by atoms with Crippen molar-refractivity contribution in [2.24, 2.45) is 0 Å². The van der Waals surface area contributed by atoms with Gasteiger partial charge >= 0.3 is 0 Å². The highest BCUT2D eigenvalue weighted by Gasteiger charge is 2.50. The van der Waals surface area contributed by atoms with Crippen LogP contribution in [0.5, 0.6) is 0 Å². The molecule has 0 radical (unpaired) electrons. The van der Waals surface area contributed by atoms with Gasteiger partial charge < -0.3 is 5.11 Å².